The zero-order chi connectivity index (χ0) is 10.1. The van der Waals surface area contributed by atoms with Gasteiger partial charge < -0.3 is 10.8 Å². The van der Waals surface area contributed by atoms with Crippen LogP contribution in [-0.4, -0.2) is 31.3 Å². The molecule has 0 radical (unpaired) electrons. The van der Waals surface area contributed by atoms with Crippen molar-refractivity contribution in [2.75, 3.05) is 6.26 Å². The topological polar surface area (TPSA) is 80.4 Å². The van der Waals surface area contributed by atoms with Gasteiger partial charge in [-0.05, 0) is 31.6 Å². The zero-order valence-electron chi connectivity index (χ0n) is 8.22. The van der Waals surface area contributed by atoms with Crippen LogP contribution in [0.1, 0.15) is 25.7 Å². The molecule has 0 amide bonds. The molecule has 6 heteroatoms. The van der Waals surface area contributed by atoms with Gasteiger partial charge in [-0.15, -0.1) is 12.4 Å². The van der Waals surface area contributed by atoms with Gasteiger partial charge in [-0.2, -0.15) is 0 Å². The van der Waals surface area contributed by atoms with Crippen LogP contribution in [0.4, 0.5) is 0 Å². The highest BCUT2D eigenvalue weighted by Crippen LogP contribution is 2.27. The van der Waals surface area contributed by atoms with E-state index in [1.807, 2.05) is 0 Å². The van der Waals surface area contributed by atoms with Crippen LogP contribution in [0.3, 0.4) is 0 Å². The van der Waals surface area contributed by atoms with Crippen molar-refractivity contribution in [3.63, 3.8) is 0 Å². The average molecular weight is 244 g/mol. The molecule has 1 atom stereocenters. The maximum atomic E-state index is 11.1. The van der Waals surface area contributed by atoms with Gasteiger partial charge in [0.1, 0.15) is 5.37 Å². The molecule has 86 valence electrons. The third kappa shape index (κ3) is 3.73. The summed E-state index contributed by atoms with van der Waals surface area (Å²) in [6, 6.07) is 0. The summed E-state index contributed by atoms with van der Waals surface area (Å²) >= 11 is 0. The van der Waals surface area contributed by atoms with Crippen LogP contribution >= 0.6 is 12.4 Å². The summed E-state index contributed by atoms with van der Waals surface area (Å²) in [7, 11) is -3.12. The van der Waals surface area contributed by atoms with E-state index in [2.05, 4.69) is 0 Å². The minimum atomic E-state index is -3.12. The highest BCUT2D eigenvalue weighted by molar-refractivity contribution is 7.91. The zero-order valence-corrected chi connectivity index (χ0v) is 9.85. The number of nitrogens with two attached hydrogens (primary N) is 1. The van der Waals surface area contributed by atoms with E-state index in [0.29, 0.717) is 12.8 Å². The van der Waals surface area contributed by atoms with Gasteiger partial charge in [0, 0.05) is 6.26 Å². The molecule has 1 saturated carbocycles. The molecule has 0 spiro atoms. The molecule has 0 aromatic rings. The van der Waals surface area contributed by atoms with Crippen LogP contribution in [0.25, 0.3) is 0 Å². The monoisotopic (exact) mass is 243 g/mol. The Morgan fingerprint density at radius 3 is 2.07 bits per heavy atom. The van der Waals surface area contributed by atoms with Crippen molar-refractivity contribution in [3.05, 3.63) is 0 Å². The first-order valence-electron chi connectivity index (χ1n) is 4.54. The molecular weight excluding hydrogens is 226 g/mol. The van der Waals surface area contributed by atoms with Crippen LogP contribution in [0, 0.1) is 5.92 Å². The Balaban J connectivity index is 0.00000169. The summed E-state index contributed by atoms with van der Waals surface area (Å²) in [5.41, 5.74) is 5.60. The molecule has 0 heterocycles. The second-order valence-corrected chi connectivity index (χ2v) is 6.07. The lowest BCUT2D eigenvalue weighted by Gasteiger charge is -2.28. The van der Waals surface area contributed by atoms with E-state index in [-0.39, 0.29) is 24.4 Å². The fraction of sp³-hybridized carbons (Fsp3) is 1.00. The second kappa shape index (κ2) is 5.30. The SMILES string of the molecule is CS(=O)(=O)C(N)C1CCC(O)CC1.Cl. The minimum Gasteiger partial charge on any atom is -0.393 e. The Kier molecular flexibility index (Phi) is 5.36. The van der Waals surface area contributed by atoms with Gasteiger partial charge in [0.05, 0.1) is 6.10 Å². The first kappa shape index (κ1) is 14.2. The molecule has 1 fully saturated rings. The predicted octanol–water partition coefficient (Wildman–Crippen LogP) is 0.289. The van der Waals surface area contributed by atoms with E-state index in [1.165, 1.54) is 6.26 Å². The first-order valence-corrected chi connectivity index (χ1v) is 6.49. The molecule has 0 bridgehead atoms. The highest BCUT2D eigenvalue weighted by Gasteiger charge is 2.29. The van der Waals surface area contributed by atoms with Crippen LogP contribution in [0.15, 0.2) is 0 Å². The summed E-state index contributed by atoms with van der Waals surface area (Å²) in [6.45, 7) is 0. The predicted molar refractivity (Wildman–Crippen MR) is 58.0 cm³/mol. The fourth-order valence-electron chi connectivity index (χ4n) is 1.78. The van der Waals surface area contributed by atoms with Gasteiger partial charge in [-0.1, -0.05) is 0 Å². The van der Waals surface area contributed by atoms with E-state index in [1.54, 1.807) is 0 Å². The Bertz CT molecular complexity index is 260. The third-order valence-corrected chi connectivity index (χ3v) is 4.07. The van der Waals surface area contributed by atoms with Crippen LogP contribution in [-0.2, 0) is 9.84 Å². The Labute approximate surface area is 91.2 Å². The van der Waals surface area contributed by atoms with Gasteiger partial charge >= 0.3 is 0 Å². The molecule has 14 heavy (non-hydrogen) atoms. The van der Waals surface area contributed by atoms with E-state index >= 15 is 0 Å². The minimum absolute atomic E-state index is 0. The number of aliphatic hydroxyl groups is 1. The van der Waals surface area contributed by atoms with E-state index in [4.69, 9.17) is 5.73 Å². The summed E-state index contributed by atoms with van der Waals surface area (Å²) in [5, 5.41) is 8.47. The van der Waals surface area contributed by atoms with Crippen molar-refractivity contribution in [1.29, 1.82) is 0 Å². The quantitative estimate of drug-likeness (QED) is 0.731. The lowest BCUT2D eigenvalue weighted by molar-refractivity contribution is 0.108. The van der Waals surface area contributed by atoms with Crippen molar-refractivity contribution in [2.24, 2.45) is 11.7 Å². The van der Waals surface area contributed by atoms with Gasteiger partial charge in [0.15, 0.2) is 9.84 Å². The fourth-order valence-corrected chi connectivity index (χ4v) is 2.75. The molecule has 1 aliphatic carbocycles. The van der Waals surface area contributed by atoms with Crippen molar-refractivity contribution < 1.29 is 13.5 Å². The summed E-state index contributed by atoms with van der Waals surface area (Å²) in [4.78, 5) is 0. The molecule has 0 saturated heterocycles. The van der Waals surface area contributed by atoms with E-state index in [0.717, 1.165) is 12.8 Å². The van der Waals surface area contributed by atoms with Crippen molar-refractivity contribution in [3.8, 4) is 0 Å². The number of hydrogen-bond donors (Lipinski definition) is 2. The lowest BCUT2D eigenvalue weighted by Crippen LogP contribution is -2.39. The lowest BCUT2D eigenvalue weighted by atomic mass is 9.87. The molecule has 0 aromatic heterocycles. The van der Waals surface area contributed by atoms with Crippen molar-refractivity contribution in [2.45, 2.75) is 37.2 Å². The maximum Gasteiger partial charge on any atom is 0.163 e. The van der Waals surface area contributed by atoms with Crippen LogP contribution in [0.2, 0.25) is 0 Å². The van der Waals surface area contributed by atoms with Gasteiger partial charge in [-0.3, -0.25) is 0 Å². The Hall–Kier alpha value is 0.160. The average Bonchev–Trinajstić information content (AvgIpc) is 2.03. The Morgan fingerprint density at radius 1 is 1.29 bits per heavy atom. The smallest absolute Gasteiger partial charge is 0.163 e. The molecule has 1 aliphatic rings. The van der Waals surface area contributed by atoms with Crippen molar-refractivity contribution >= 4 is 22.2 Å². The molecule has 1 rings (SSSR count). The molecule has 0 aromatic carbocycles. The summed E-state index contributed by atoms with van der Waals surface area (Å²) in [5.74, 6) is 0.0263. The first-order chi connectivity index (χ1) is 5.91. The number of halogens is 1. The molecule has 0 aliphatic heterocycles. The number of aliphatic hydroxyl groups excluding tert-OH is 1. The van der Waals surface area contributed by atoms with Crippen LogP contribution in [0.5, 0.6) is 0 Å². The Morgan fingerprint density at radius 2 is 1.71 bits per heavy atom. The van der Waals surface area contributed by atoms with Crippen molar-refractivity contribution in [1.82, 2.24) is 0 Å². The summed E-state index contributed by atoms with van der Waals surface area (Å²) in [6.07, 6.45) is 3.69. The van der Waals surface area contributed by atoms with Gasteiger partial charge in [0.25, 0.3) is 0 Å². The van der Waals surface area contributed by atoms with Crippen LogP contribution < -0.4 is 5.73 Å². The molecule has 4 nitrogen and oxygen atoms in total. The molecule has 3 N–H and O–H groups in total. The number of rotatable bonds is 2. The number of hydrogen-bond acceptors (Lipinski definition) is 4. The normalized spacial score (nSPS) is 30.5. The third-order valence-electron chi connectivity index (χ3n) is 2.70. The molecular formula is C8H18ClNO3S. The van der Waals surface area contributed by atoms with E-state index < -0.39 is 15.2 Å². The van der Waals surface area contributed by atoms with Gasteiger partial charge in [-0.25, -0.2) is 8.42 Å². The summed E-state index contributed by atoms with van der Waals surface area (Å²) < 4.78 is 22.2. The maximum absolute atomic E-state index is 11.1. The largest absolute Gasteiger partial charge is 0.393 e. The van der Waals surface area contributed by atoms with E-state index in [9.17, 15) is 13.5 Å². The van der Waals surface area contributed by atoms with Gasteiger partial charge in [0.2, 0.25) is 0 Å². The molecule has 1 unspecified atom stereocenters. The highest BCUT2D eigenvalue weighted by atomic mass is 35.5. The second-order valence-electron chi connectivity index (χ2n) is 3.86. The number of sulfone groups is 1. The standard InChI is InChI=1S/C8H17NO3S.ClH/c1-13(11,12)8(9)6-2-4-7(10)5-3-6;/h6-8,10H,2-5,9H2,1H3;1H.